The van der Waals surface area contributed by atoms with Crippen LogP contribution in [-0.4, -0.2) is 11.1 Å². The van der Waals surface area contributed by atoms with Crippen molar-refractivity contribution in [2.75, 3.05) is 0 Å². The second-order valence-corrected chi connectivity index (χ2v) is 4.73. The Balaban J connectivity index is 2.36. The summed E-state index contributed by atoms with van der Waals surface area (Å²) in [5.74, 6) is -0.0878. The van der Waals surface area contributed by atoms with E-state index < -0.39 is 5.97 Å². The molecule has 5 heteroatoms. The predicted molar refractivity (Wildman–Crippen MR) is 79.6 cm³/mol. The fraction of sp³-hybridized carbons (Fsp3) is 0. The van der Waals surface area contributed by atoms with Crippen molar-refractivity contribution < 1.29 is 14.6 Å². The summed E-state index contributed by atoms with van der Waals surface area (Å²) in [6.07, 6.45) is 2.44. The van der Waals surface area contributed by atoms with Crippen molar-refractivity contribution in [3.8, 4) is 11.5 Å². The van der Waals surface area contributed by atoms with E-state index >= 15 is 0 Å². The normalized spacial score (nSPS) is 10.7. The van der Waals surface area contributed by atoms with Gasteiger partial charge in [0.05, 0.1) is 5.02 Å². The van der Waals surface area contributed by atoms with Crippen molar-refractivity contribution in [1.82, 2.24) is 0 Å². The maximum absolute atomic E-state index is 10.6. The zero-order valence-electron chi connectivity index (χ0n) is 10.2. The van der Waals surface area contributed by atoms with Gasteiger partial charge in [0.25, 0.3) is 0 Å². The van der Waals surface area contributed by atoms with Crippen LogP contribution in [0.15, 0.2) is 48.5 Å². The molecule has 0 heterocycles. The summed E-state index contributed by atoms with van der Waals surface area (Å²) in [5, 5.41) is 9.64. The number of benzene rings is 2. The first-order valence-electron chi connectivity index (χ1n) is 5.69. The second kappa shape index (κ2) is 6.46. The molecular weight excluding hydrogens is 299 g/mol. The van der Waals surface area contributed by atoms with Crippen LogP contribution in [-0.2, 0) is 4.79 Å². The minimum absolute atomic E-state index is 0.468. The highest BCUT2D eigenvalue weighted by Gasteiger charge is 2.07. The van der Waals surface area contributed by atoms with Gasteiger partial charge in [0.15, 0.2) is 0 Å². The summed E-state index contributed by atoms with van der Waals surface area (Å²) < 4.78 is 5.69. The lowest BCUT2D eigenvalue weighted by atomic mass is 10.2. The summed E-state index contributed by atoms with van der Waals surface area (Å²) in [6.45, 7) is 0. The summed E-state index contributed by atoms with van der Waals surface area (Å²) in [7, 11) is 0. The van der Waals surface area contributed by atoms with Crippen LogP contribution in [0.1, 0.15) is 5.56 Å². The van der Waals surface area contributed by atoms with Crippen molar-refractivity contribution in [2.45, 2.75) is 0 Å². The highest BCUT2D eigenvalue weighted by atomic mass is 35.5. The van der Waals surface area contributed by atoms with Gasteiger partial charge in [-0.15, -0.1) is 0 Å². The van der Waals surface area contributed by atoms with Crippen LogP contribution >= 0.6 is 23.2 Å². The fourth-order valence-electron chi connectivity index (χ4n) is 1.55. The number of rotatable bonds is 4. The van der Waals surface area contributed by atoms with Crippen LogP contribution in [0.4, 0.5) is 0 Å². The van der Waals surface area contributed by atoms with Crippen LogP contribution in [0.25, 0.3) is 6.08 Å². The van der Waals surface area contributed by atoms with Crippen LogP contribution in [0.5, 0.6) is 11.5 Å². The van der Waals surface area contributed by atoms with Crippen molar-refractivity contribution in [1.29, 1.82) is 0 Å². The monoisotopic (exact) mass is 308 g/mol. The van der Waals surface area contributed by atoms with Crippen molar-refractivity contribution >= 4 is 35.2 Å². The standard InChI is InChI=1S/C15H10Cl2O3/c16-11-6-7-13(10(9-11)5-8-15(18)19)20-14-4-2-1-3-12(14)17/h1-9H,(H,18,19)/b8-5+. The van der Waals surface area contributed by atoms with Gasteiger partial charge < -0.3 is 9.84 Å². The SMILES string of the molecule is O=C(O)/C=C/c1cc(Cl)ccc1Oc1ccccc1Cl. The van der Waals surface area contributed by atoms with E-state index in [0.717, 1.165) is 6.08 Å². The van der Waals surface area contributed by atoms with Gasteiger partial charge in [-0.25, -0.2) is 4.79 Å². The molecule has 20 heavy (non-hydrogen) atoms. The molecule has 0 radical (unpaired) electrons. The Hall–Kier alpha value is -1.97. The number of ether oxygens (including phenoxy) is 1. The first-order chi connectivity index (χ1) is 9.56. The summed E-state index contributed by atoms with van der Waals surface area (Å²) in [4.78, 5) is 10.6. The summed E-state index contributed by atoms with van der Waals surface area (Å²) in [6, 6.07) is 12.0. The predicted octanol–water partition coefficient (Wildman–Crippen LogP) is 4.88. The molecule has 102 valence electrons. The molecule has 0 unspecified atom stereocenters. The maximum Gasteiger partial charge on any atom is 0.328 e. The summed E-state index contributed by atoms with van der Waals surface area (Å²) in [5.41, 5.74) is 0.555. The quantitative estimate of drug-likeness (QED) is 0.818. The number of carboxylic acids is 1. The number of hydrogen-bond donors (Lipinski definition) is 1. The highest BCUT2D eigenvalue weighted by molar-refractivity contribution is 6.32. The van der Waals surface area contributed by atoms with Crippen molar-refractivity contribution in [3.63, 3.8) is 0 Å². The Morgan fingerprint density at radius 2 is 1.85 bits per heavy atom. The fourth-order valence-corrected chi connectivity index (χ4v) is 1.90. The Labute approximate surface area is 126 Å². The van der Waals surface area contributed by atoms with E-state index in [-0.39, 0.29) is 0 Å². The molecule has 0 aliphatic carbocycles. The van der Waals surface area contributed by atoms with Crippen LogP contribution < -0.4 is 4.74 Å². The van der Waals surface area contributed by atoms with Crippen LogP contribution in [0, 0.1) is 0 Å². The van der Waals surface area contributed by atoms with E-state index in [2.05, 4.69) is 0 Å². The lowest BCUT2D eigenvalue weighted by molar-refractivity contribution is -0.131. The third kappa shape index (κ3) is 3.76. The lowest BCUT2D eigenvalue weighted by Gasteiger charge is -2.10. The number of halogens is 2. The second-order valence-electron chi connectivity index (χ2n) is 3.89. The van der Waals surface area contributed by atoms with Crippen LogP contribution in [0.3, 0.4) is 0 Å². The molecule has 2 aromatic carbocycles. The molecule has 0 aromatic heterocycles. The Bertz CT molecular complexity index is 666. The average Bonchev–Trinajstić information content (AvgIpc) is 2.41. The topological polar surface area (TPSA) is 46.5 Å². The Kier molecular flexibility index (Phi) is 4.66. The molecule has 0 spiro atoms. The molecule has 1 N–H and O–H groups in total. The molecule has 3 nitrogen and oxygen atoms in total. The smallest absolute Gasteiger partial charge is 0.328 e. The van der Waals surface area contributed by atoms with E-state index in [1.807, 2.05) is 0 Å². The van der Waals surface area contributed by atoms with Gasteiger partial charge in [0.1, 0.15) is 11.5 Å². The van der Waals surface area contributed by atoms with Gasteiger partial charge in [-0.3, -0.25) is 0 Å². The number of hydrogen-bond acceptors (Lipinski definition) is 2. The van der Waals surface area contributed by atoms with Gasteiger partial charge in [0, 0.05) is 16.7 Å². The molecule has 2 aromatic rings. The van der Waals surface area contributed by atoms with Gasteiger partial charge >= 0.3 is 5.97 Å². The average molecular weight is 309 g/mol. The maximum atomic E-state index is 10.6. The first-order valence-corrected chi connectivity index (χ1v) is 6.45. The first kappa shape index (κ1) is 14.4. The summed E-state index contributed by atoms with van der Waals surface area (Å²) >= 11 is 11.9. The molecule has 0 amide bonds. The Morgan fingerprint density at radius 1 is 1.10 bits per heavy atom. The zero-order valence-corrected chi connectivity index (χ0v) is 11.7. The van der Waals surface area contributed by atoms with E-state index in [1.54, 1.807) is 42.5 Å². The number of aliphatic carboxylic acids is 1. The minimum atomic E-state index is -1.05. The number of carbonyl (C=O) groups is 1. The van der Waals surface area contributed by atoms with E-state index in [9.17, 15) is 4.79 Å². The zero-order chi connectivity index (χ0) is 14.5. The molecular formula is C15H10Cl2O3. The van der Waals surface area contributed by atoms with Gasteiger partial charge in [0.2, 0.25) is 0 Å². The molecule has 0 saturated heterocycles. The lowest BCUT2D eigenvalue weighted by Crippen LogP contribution is -1.90. The van der Waals surface area contributed by atoms with Gasteiger partial charge in [-0.05, 0) is 36.4 Å². The largest absolute Gasteiger partial charge is 0.478 e. The molecule has 0 bridgehead atoms. The van der Waals surface area contributed by atoms with E-state index in [1.165, 1.54) is 6.08 Å². The van der Waals surface area contributed by atoms with Crippen LogP contribution in [0.2, 0.25) is 10.0 Å². The minimum Gasteiger partial charge on any atom is -0.478 e. The molecule has 0 saturated carbocycles. The Morgan fingerprint density at radius 3 is 2.55 bits per heavy atom. The third-order valence-electron chi connectivity index (χ3n) is 2.43. The number of para-hydroxylation sites is 1. The molecule has 2 rings (SSSR count). The molecule has 0 aliphatic rings. The van der Waals surface area contributed by atoms with Gasteiger partial charge in [-0.1, -0.05) is 35.3 Å². The number of carboxylic acid groups (broad SMARTS) is 1. The van der Waals surface area contributed by atoms with E-state index in [0.29, 0.717) is 27.1 Å². The molecule has 0 atom stereocenters. The third-order valence-corrected chi connectivity index (χ3v) is 2.98. The van der Waals surface area contributed by atoms with E-state index in [4.69, 9.17) is 33.0 Å². The molecule has 0 fully saturated rings. The van der Waals surface area contributed by atoms with Crippen molar-refractivity contribution in [3.05, 3.63) is 64.1 Å². The van der Waals surface area contributed by atoms with Gasteiger partial charge in [-0.2, -0.15) is 0 Å². The highest BCUT2D eigenvalue weighted by Crippen LogP contribution is 2.32. The van der Waals surface area contributed by atoms with Crippen molar-refractivity contribution in [2.24, 2.45) is 0 Å². The molecule has 0 aliphatic heterocycles.